The Bertz CT molecular complexity index is 2140. The lowest BCUT2D eigenvalue weighted by molar-refractivity contribution is -0.147. The van der Waals surface area contributed by atoms with E-state index >= 15 is 0 Å². The molecule has 0 unspecified atom stereocenters. The Kier molecular flexibility index (Phi) is 14.6. The van der Waals surface area contributed by atoms with Crippen LogP contribution >= 0.6 is 0 Å². The Morgan fingerprint density at radius 2 is 1.59 bits per heavy atom. The molecule has 0 radical (unpaired) electrons. The largest absolute Gasteiger partial charge is 0.506 e. The average Bonchev–Trinajstić information content (AvgIpc) is 3.21. The van der Waals surface area contributed by atoms with Crippen LogP contribution in [0, 0.1) is 5.92 Å². The van der Waals surface area contributed by atoms with Crippen LogP contribution in [0.2, 0.25) is 0 Å². The number of fused-ring (bicyclic) bond motifs is 1. The van der Waals surface area contributed by atoms with Gasteiger partial charge >= 0.3 is 12.1 Å². The molecule has 0 saturated heterocycles. The molecular formula is C43H48N4O9. The van der Waals surface area contributed by atoms with Gasteiger partial charge in [-0.05, 0) is 84.0 Å². The molecule has 0 saturated carbocycles. The highest BCUT2D eigenvalue weighted by atomic mass is 16.5. The molecule has 0 spiro atoms. The van der Waals surface area contributed by atoms with Gasteiger partial charge in [0.15, 0.2) is 0 Å². The van der Waals surface area contributed by atoms with Crippen LogP contribution in [0.4, 0.5) is 4.79 Å². The van der Waals surface area contributed by atoms with E-state index < -0.39 is 36.2 Å². The average molecular weight is 765 g/mol. The number of aliphatic hydroxyl groups excluding tert-OH is 1. The van der Waals surface area contributed by atoms with Gasteiger partial charge in [0.25, 0.3) is 5.91 Å². The Balaban J connectivity index is 1.05. The monoisotopic (exact) mass is 764 g/mol. The topological polar surface area (TPSA) is 188 Å². The molecule has 13 heteroatoms. The Hall–Kier alpha value is -6.18. The highest BCUT2D eigenvalue weighted by molar-refractivity contribution is 5.96. The van der Waals surface area contributed by atoms with E-state index in [0.717, 1.165) is 16.7 Å². The molecule has 294 valence electrons. The van der Waals surface area contributed by atoms with Crippen molar-refractivity contribution in [2.45, 2.75) is 51.5 Å². The van der Waals surface area contributed by atoms with Gasteiger partial charge in [0.1, 0.15) is 24.1 Å². The van der Waals surface area contributed by atoms with Gasteiger partial charge in [-0.15, -0.1) is 0 Å². The SMILES string of the molecule is COC(=O)N[C@@H](c1ccccc1)c1cccc(OCc2ccc(C(=O)N[C@H](C(=O)OCCCCNC[C@H](O)c3ccc(O)c4[nH]c(=O)ccc34)C(C)C)cc2)c1. The van der Waals surface area contributed by atoms with Crippen LogP contribution in [0.25, 0.3) is 10.9 Å². The van der Waals surface area contributed by atoms with Crippen molar-refractivity contribution in [2.24, 2.45) is 5.92 Å². The van der Waals surface area contributed by atoms with E-state index in [1.807, 2.05) is 68.4 Å². The van der Waals surface area contributed by atoms with E-state index in [2.05, 4.69) is 20.9 Å². The summed E-state index contributed by atoms with van der Waals surface area (Å²) < 4.78 is 16.4. The molecule has 0 aliphatic heterocycles. The van der Waals surface area contributed by atoms with Crippen LogP contribution in [0.15, 0.2) is 108 Å². The number of hydrogen-bond donors (Lipinski definition) is 6. The first-order valence-corrected chi connectivity index (χ1v) is 18.5. The number of amides is 2. The van der Waals surface area contributed by atoms with Crippen molar-refractivity contribution < 1.29 is 38.8 Å². The van der Waals surface area contributed by atoms with Crippen LogP contribution in [-0.4, -0.2) is 66.0 Å². The summed E-state index contributed by atoms with van der Waals surface area (Å²) in [5.74, 6) is -0.599. The third-order valence-corrected chi connectivity index (χ3v) is 9.20. The Labute approximate surface area is 325 Å². The minimum Gasteiger partial charge on any atom is -0.506 e. The van der Waals surface area contributed by atoms with Gasteiger partial charge in [-0.3, -0.25) is 9.59 Å². The van der Waals surface area contributed by atoms with E-state index in [9.17, 15) is 29.4 Å². The zero-order valence-corrected chi connectivity index (χ0v) is 31.6. The molecule has 4 aromatic carbocycles. The number of benzene rings is 4. The number of rotatable bonds is 18. The smallest absolute Gasteiger partial charge is 0.407 e. The minimum atomic E-state index is -0.872. The van der Waals surface area contributed by atoms with Crippen LogP contribution in [0.1, 0.15) is 71.4 Å². The number of carbonyl (C=O) groups is 3. The number of hydrogen-bond acceptors (Lipinski definition) is 10. The number of carbonyl (C=O) groups excluding carboxylic acids is 3. The van der Waals surface area contributed by atoms with Crippen molar-refractivity contribution >= 4 is 28.9 Å². The summed E-state index contributed by atoms with van der Waals surface area (Å²) in [4.78, 5) is 52.4. The summed E-state index contributed by atoms with van der Waals surface area (Å²) in [5.41, 5.74) is 3.42. The third kappa shape index (κ3) is 11.2. The van der Waals surface area contributed by atoms with Crippen LogP contribution < -0.4 is 26.2 Å². The number of unbranched alkanes of at least 4 members (excludes halogenated alkanes) is 1. The van der Waals surface area contributed by atoms with Crippen molar-refractivity contribution in [3.8, 4) is 11.5 Å². The molecule has 0 fully saturated rings. The van der Waals surface area contributed by atoms with E-state index in [1.165, 1.54) is 19.2 Å². The van der Waals surface area contributed by atoms with Crippen molar-refractivity contribution in [2.75, 3.05) is 26.8 Å². The van der Waals surface area contributed by atoms with Gasteiger partial charge in [0.05, 0.1) is 31.4 Å². The number of aromatic nitrogens is 1. The van der Waals surface area contributed by atoms with E-state index in [1.54, 1.807) is 36.4 Å². The third-order valence-electron chi connectivity index (χ3n) is 9.20. The number of nitrogens with one attached hydrogen (secondary N) is 4. The summed E-state index contributed by atoms with van der Waals surface area (Å²) in [6.07, 6.45) is -0.180. The molecule has 0 aliphatic carbocycles. The van der Waals surface area contributed by atoms with Crippen LogP contribution in [0.3, 0.4) is 0 Å². The predicted molar refractivity (Wildman–Crippen MR) is 211 cm³/mol. The number of esters is 1. The number of pyridine rings is 1. The molecule has 13 nitrogen and oxygen atoms in total. The number of aromatic amines is 1. The molecule has 5 rings (SSSR count). The second-order valence-electron chi connectivity index (χ2n) is 13.6. The van der Waals surface area contributed by atoms with Gasteiger partial charge < -0.3 is 45.4 Å². The molecule has 5 aromatic rings. The van der Waals surface area contributed by atoms with E-state index in [-0.39, 0.29) is 42.5 Å². The predicted octanol–water partition coefficient (Wildman–Crippen LogP) is 5.66. The molecule has 1 heterocycles. The quantitative estimate of drug-likeness (QED) is 0.0480. The Morgan fingerprint density at radius 1 is 0.839 bits per heavy atom. The summed E-state index contributed by atoms with van der Waals surface area (Å²) >= 11 is 0. The number of alkyl carbamates (subject to hydrolysis) is 1. The lowest BCUT2D eigenvalue weighted by Crippen LogP contribution is -2.45. The standard InChI is InChI=1S/C43H48N4O9/c1-27(2)38(42(52)55-23-8-7-22-44-25-36(49)33-18-20-35(48)40-34(33)19-21-37(50)45-40)46-41(51)30-16-14-28(15-17-30)26-56-32-13-9-12-31(24-32)39(47-43(53)54-3)29-10-5-4-6-11-29/h4-6,9-21,24,27,36,38-39,44,48-49H,7-8,22-23,25-26H2,1-3H3,(H,45,50)(H,46,51)(H,47,53)/t36-,38-,39-/m0/s1. The number of phenols is 1. The lowest BCUT2D eigenvalue weighted by atomic mass is 9.98. The number of aromatic hydroxyl groups is 1. The molecule has 0 aliphatic rings. The van der Waals surface area contributed by atoms with Gasteiger partial charge in [-0.2, -0.15) is 0 Å². The highest BCUT2D eigenvalue weighted by Gasteiger charge is 2.26. The van der Waals surface area contributed by atoms with Crippen molar-refractivity contribution in [1.29, 1.82) is 0 Å². The second kappa shape index (κ2) is 19.9. The minimum absolute atomic E-state index is 0.0714. The summed E-state index contributed by atoms with van der Waals surface area (Å²) in [6, 6.07) is 28.6. The highest BCUT2D eigenvalue weighted by Crippen LogP contribution is 2.29. The maximum atomic E-state index is 13.1. The second-order valence-corrected chi connectivity index (χ2v) is 13.6. The molecule has 0 bridgehead atoms. The fourth-order valence-electron chi connectivity index (χ4n) is 6.12. The first-order valence-electron chi connectivity index (χ1n) is 18.5. The maximum absolute atomic E-state index is 13.1. The Morgan fingerprint density at radius 3 is 2.32 bits per heavy atom. The summed E-state index contributed by atoms with van der Waals surface area (Å²) in [7, 11) is 1.32. The van der Waals surface area contributed by atoms with E-state index in [0.29, 0.717) is 41.6 Å². The zero-order valence-electron chi connectivity index (χ0n) is 31.6. The molecule has 6 N–H and O–H groups in total. The normalized spacial score (nSPS) is 12.7. The summed E-state index contributed by atoms with van der Waals surface area (Å²) in [6.45, 7) is 4.88. The lowest BCUT2D eigenvalue weighted by Gasteiger charge is -2.21. The van der Waals surface area contributed by atoms with Gasteiger partial charge in [-0.25, -0.2) is 9.59 Å². The first-order chi connectivity index (χ1) is 27.0. The van der Waals surface area contributed by atoms with Crippen LogP contribution in [-0.2, 0) is 20.9 Å². The van der Waals surface area contributed by atoms with Crippen molar-refractivity contribution in [3.63, 3.8) is 0 Å². The number of ether oxygens (including phenoxy) is 3. The molecular weight excluding hydrogens is 716 g/mol. The fraction of sp³-hybridized carbons (Fsp3) is 0.302. The van der Waals surface area contributed by atoms with E-state index in [4.69, 9.17) is 14.2 Å². The van der Waals surface area contributed by atoms with Gasteiger partial charge in [-0.1, -0.05) is 74.5 Å². The zero-order chi connectivity index (χ0) is 40.0. The van der Waals surface area contributed by atoms with Crippen molar-refractivity contribution in [3.05, 3.63) is 141 Å². The number of methoxy groups -OCH3 is 1. The van der Waals surface area contributed by atoms with Gasteiger partial charge in [0.2, 0.25) is 5.56 Å². The number of phenolic OH excluding ortho intramolecular Hbond substituents is 1. The van der Waals surface area contributed by atoms with Gasteiger partial charge in [0, 0.05) is 23.6 Å². The number of H-pyrrole nitrogens is 1. The number of aliphatic hydroxyl groups is 1. The fourth-order valence-corrected chi connectivity index (χ4v) is 6.12. The van der Waals surface area contributed by atoms with Crippen LogP contribution in [0.5, 0.6) is 11.5 Å². The molecule has 3 atom stereocenters. The molecule has 2 amide bonds. The summed E-state index contributed by atoms with van der Waals surface area (Å²) in [5, 5.41) is 30.2. The van der Waals surface area contributed by atoms with Crippen molar-refractivity contribution in [1.82, 2.24) is 20.9 Å². The first kappa shape index (κ1) is 41.0. The molecule has 56 heavy (non-hydrogen) atoms. The molecule has 1 aromatic heterocycles. The maximum Gasteiger partial charge on any atom is 0.407 e.